The van der Waals surface area contributed by atoms with Crippen molar-refractivity contribution in [2.45, 2.75) is 20.4 Å². The molecule has 1 N–H and O–H groups in total. The molecule has 0 atom stereocenters. The smallest absolute Gasteiger partial charge is 0.272 e. The fourth-order valence-corrected chi connectivity index (χ4v) is 2.20. The summed E-state index contributed by atoms with van der Waals surface area (Å²) in [7, 11) is 0. The van der Waals surface area contributed by atoms with E-state index in [1.54, 1.807) is 25.3 Å². The first kappa shape index (κ1) is 16.4. The molecule has 0 aliphatic rings. The number of non-ortho nitro benzene ring substituents is 1. The van der Waals surface area contributed by atoms with Gasteiger partial charge in [0, 0.05) is 18.3 Å². The maximum atomic E-state index is 12.2. The molecule has 0 spiro atoms. The number of oxazole rings is 1. The van der Waals surface area contributed by atoms with E-state index < -0.39 is 10.8 Å². The molecule has 0 saturated heterocycles. The number of nitro benzene ring substituents is 1. The first-order valence-corrected chi connectivity index (χ1v) is 7.45. The molecule has 2 aromatic heterocycles. The Bertz CT molecular complexity index is 924. The van der Waals surface area contributed by atoms with Gasteiger partial charge in [0.25, 0.3) is 11.6 Å². The zero-order chi connectivity index (χ0) is 18.0. The summed E-state index contributed by atoms with van der Waals surface area (Å²) in [6.07, 6.45) is 1.56. The van der Waals surface area contributed by atoms with E-state index in [4.69, 9.17) is 4.42 Å². The van der Waals surface area contributed by atoms with Crippen LogP contribution in [-0.4, -0.2) is 25.6 Å². The molecule has 0 radical (unpaired) electrons. The fraction of sp³-hybridized carbons (Fsp3) is 0.188. The third kappa shape index (κ3) is 3.55. The maximum Gasteiger partial charge on any atom is 0.272 e. The first-order chi connectivity index (χ1) is 11.9. The zero-order valence-corrected chi connectivity index (χ0v) is 13.6. The lowest BCUT2D eigenvalue weighted by atomic mass is 10.3. The van der Waals surface area contributed by atoms with Crippen LogP contribution < -0.4 is 5.32 Å². The van der Waals surface area contributed by atoms with E-state index in [0.717, 1.165) is 5.69 Å². The van der Waals surface area contributed by atoms with Crippen LogP contribution in [-0.2, 0) is 6.54 Å². The number of rotatable bonds is 5. The molecular weight excluding hydrogens is 326 g/mol. The molecule has 0 aliphatic carbocycles. The number of aryl methyl sites for hydroxylation is 2. The third-order valence-electron chi connectivity index (χ3n) is 3.60. The van der Waals surface area contributed by atoms with Gasteiger partial charge >= 0.3 is 0 Å². The second-order valence-electron chi connectivity index (χ2n) is 5.35. The number of benzene rings is 1. The van der Waals surface area contributed by atoms with E-state index >= 15 is 0 Å². The topological polar surface area (TPSA) is 116 Å². The molecule has 128 valence electrons. The molecule has 9 nitrogen and oxygen atoms in total. The number of hydrogen-bond acceptors (Lipinski definition) is 6. The van der Waals surface area contributed by atoms with E-state index in [1.165, 1.54) is 22.9 Å². The van der Waals surface area contributed by atoms with Crippen molar-refractivity contribution in [2.75, 3.05) is 0 Å². The summed E-state index contributed by atoms with van der Waals surface area (Å²) in [5, 5.41) is 17.7. The summed E-state index contributed by atoms with van der Waals surface area (Å²) in [4.78, 5) is 26.7. The van der Waals surface area contributed by atoms with Crippen molar-refractivity contribution >= 4 is 11.6 Å². The number of amides is 1. The number of aromatic nitrogens is 3. The van der Waals surface area contributed by atoms with Crippen LogP contribution in [0.15, 0.2) is 40.9 Å². The van der Waals surface area contributed by atoms with E-state index in [9.17, 15) is 14.9 Å². The molecule has 1 amide bonds. The average molecular weight is 341 g/mol. The van der Waals surface area contributed by atoms with Gasteiger partial charge in [0.1, 0.15) is 5.76 Å². The Kier molecular flexibility index (Phi) is 4.29. The Balaban J connectivity index is 1.71. The normalized spacial score (nSPS) is 10.6. The lowest BCUT2D eigenvalue weighted by molar-refractivity contribution is -0.384. The SMILES string of the molecule is Cc1nc(CNC(=O)c2ccn(-c3cccc([N+](=O)[O-])c3)n2)oc1C. The molecule has 0 fully saturated rings. The Hall–Kier alpha value is -3.49. The minimum absolute atomic E-state index is 0.0476. The van der Waals surface area contributed by atoms with Crippen molar-refractivity contribution in [3.8, 4) is 5.69 Å². The van der Waals surface area contributed by atoms with Gasteiger partial charge in [-0.1, -0.05) is 6.07 Å². The summed E-state index contributed by atoms with van der Waals surface area (Å²) in [5.41, 5.74) is 1.41. The molecule has 0 aliphatic heterocycles. The molecule has 9 heteroatoms. The van der Waals surface area contributed by atoms with Crippen LogP contribution in [0, 0.1) is 24.0 Å². The molecule has 0 saturated carbocycles. The number of carbonyl (C=O) groups excluding carboxylic acids is 1. The quantitative estimate of drug-likeness (QED) is 0.562. The van der Waals surface area contributed by atoms with E-state index in [-0.39, 0.29) is 17.9 Å². The maximum absolute atomic E-state index is 12.2. The summed E-state index contributed by atoms with van der Waals surface area (Å²) < 4.78 is 6.80. The lowest BCUT2D eigenvalue weighted by Gasteiger charge is -2.01. The van der Waals surface area contributed by atoms with Crippen molar-refractivity contribution in [1.82, 2.24) is 20.1 Å². The highest BCUT2D eigenvalue weighted by atomic mass is 16.6. The minimum Gasteiger partial charge on any atom is -0.444 e. The first-order valence-electron chi connectivity index (χ1n) is 7.45. The van der Waals surface area contributed by atoms with Gasteiger partial charge in [0.05, 0.1) is 22.8 Å². The molecule has 3 aromatic rings. The Morgan fingerprint density at radius 3 is 2.84 bits per heavy atom. The minimum atomic E-state index is -0.485. The standard InChI is InChI=1S/C16H15N5O4/c1-10-11(2)25-15(18-10)9-17-16(22)14-6-7-20(19-14)12-4-3-5-13(8-12)21(23)24/h3-8H,9H2,1-2H3,(H,17,22). The van der Waals surface area contributed by atoms with Crippen molar-refractivity contribution in [3.05, 3.63) is 69.7 Å². The van der Waals surface area contributed by atoms with Gasteiger partial charge in [0.15, 0.2) is 5.69 Å². The van der Waals surface area contributed by atoms with E-state index in [1.807, 2.05) is 6.92 Å². The molecule has 1 aromatic carbocycles. The Labute approximate surface area is 142 Å². The highest BCUT2D eigenvalue weighted by Gasteiger charge is 2.13. The highest BCUT2D eigenvalue weighted by molar-refractivity contribution is 5.92. The van der Waals surface area contributed by atoms with Gasteiger partial charge in [0.2, 0.25) is 5.89 Å². The van der Waals surface area contributed by atoms with Gasteiger partial charge in [-0.25, -0.2) is 9.67 Å². The van der Waals surface area contributed by atoms with Gasteiger partial charge in [-0.05, 0) is 26.0 Å². The predicted molar refractivity (Wildman–Crippen MR) is 87.4 cm³/mol. The number of nitro groups is 1. The van der Waals surface area contributed by atoms with Crippen molar-refractivity contribution in [3.63, 3.8) is 0 Å². The second-order valence-corrected chi connectivity index (χ2v) is 5.35. The largest absolute Gasteiger partial charge is 0.444 e. The molecule has 3 rings (SSSR count). The summed E-state index contributed by atoms with van der Waals surface area (Å²) >= 11 is 0. The Morgan fingerprint density at radius 2 is 2.16 bits per heavy atom. The summed E-state index contributed by atoms with van der Waals surface area (Å²) in [6.45, 7) is 3.77. The molecular formula is C16H15N5O4. The van der Waals surface area contributed by atoms with Crippen molar-refractivity contribution in [1.29, 1.82) is 0 Å². The number of carbonyl (C=O) groups is 1. The fourth-order valence-electron chi connectivity index (χ4n) is 2.20. The third-order valence-corrected chi connectivity index (χ3v) is 3.60. The number of nitrogens with zero attached hydrogens (tertiary/aromatic N) is 4. The Morgan fingerprint density at radius 1 is 1.36 bits per heavy atom. The van der Waals surface area contributed by atoms with Gasteiger partial charge in [-0.3, -0.25) is 14.9 Å². The van der Waals surface area contributed by atoms with E-state index in [2.05, 4.69) is 15.4 Å². The van der Waals surface area contributed by atoms with E-state index in [0.29, 0.717) is 17.3 Å². The molecule has 0 bridgehead atoms. The van der Waals surface area contributed by atoms with Gasteiger partial charge in [-0.15, -0.1) is 0 Å². The van der Waals surface area contributed by atoms with Crippen LogP contribution in [0.5, 0.6) is 0 Å². The van der Waals surface area contributed by atoms with Crippen LogP contribution in [0.3, 0.4) is 0 Å². The van der Waals surface area contributed by atoms with Gasteiger partial charge in [-0.2, -0.15) is 5.10 Å². The monoisotopic (exact) mass is 341 g/mol. The van der Waals surface area contributed by atoms with Crippen LogP contribution in [0.25, 0.3) is 5.69 Å². The van der Waals surface area contributed by atoms with Crippen LogP contribution in [0.1, 0.15) is 27.8 Å². The van der Waals surface area contributed by atoms with Crippen LogP contribution >= 0.6 is 0 Å². The van der Waals surface area contributed by atoms with Crippen LogP contribution in [0.2, 0.25) is 0 Å². The summed E-state index contributed by atoms with van der Waals surface area (Å²) in [5.74, 6) is 0.735. The van der Waals surface area contributed by atoms with Crippen molar-refractivity contribution in [2.24, 2.45) is 0 Å². The molecule has 25 heavy (non-hydrogen) atoms. The van der Waals surface area contributed by atoms with Crippen molar-refractivity contribution < 1.29 is 14.1 Å². The molecule has 2 heterocycles. The zero-order valence-electron chi connectivity index (χ0n) is 13.6. The van der Waals surface area contributed by atoms with Crippen LogP contribution in [0.4, 0.5) is 5.69 Å². The predicted octanol–water partition coefficient (Wildman–Crippen LogP) is 2.32. The average Bonchev–Trinajstić information content (AvgIpc) is 3.20. The number of nitrogens with one attached hydrogen (secondary N) is 1. The molecule has 0 unspecified atom stereocenters. The second kappa shape index (κ2) is 6.56. The highest BCUT2D eigenvalue weighted by Crippen LogP contribution is 2.16. The summed E-state index contributed by atoms with van der Waals surface area (Å²) in [6, 6.07) is 7.52. The lowest BCUT2D eigenvalue weighted by Crippen LogP contribution is -2.23. The van der Waals surface area contributed by atoms with Gasteiger partial charge < -0.3 is 9.73 Å². The number of hydrogen-bond donors (Lipinski definition) is 1.